The Labute approximate surface area is 120 Å². The molecule has 1 aromatic heterocycles. The van der Waals surface area contributed by atoms with Crippen molar-refractivity contribution in [2.24, 2.45) is 0 Å². The summed E-state index contributed by atoms with van der Waals surface area (Å²) in [5.41, 5.74) is 9.38. The third-order valence-electron chi connectivity index (χ3n) is 3.26. The van der Waals surface area contributed by atoms with Gasteiger partial charge in [0.2, 0.25) is 0 Å². The molecule has 3 nitrogen and oxygen atoms in total. The van der Waals surface area contributed by atoms with Crippen molar-refractivity contribution in [3.05, 3.63) is 39.1 Å². The Hall–Kier alpha value is -1.17. The summed E-state index contributed by atoms with van der Waals surface area (Å²) in [5, 5.41) is 0. The first-order valence-corrected chi connectivity index (χ1v) is 7.13. The highest BCUT2D eigenvalue weighted by Gasteiger charge is 2.27. The zero-order chi connectivity index (χ0) is 12.7. The molecule has 92 valence electrons. The van der Waals surface area contributed by atoms with Crippen molar-refractivity contribution in [1.82, 2.24) is 9.97 Å². The van der Waals surface area contributed by atoms with Crippen molar-refractivity contribution in [2.45, 2.75) is 25.7 Å². The van der Waals surface area contributed by atoms with E-state index in [1.54, 1.807) is 0 Å². The van der Waals surface area contributed by atoms with Crippen LogP contribution in [0.1, 0.15) is 30.0 Å². The predicted octanol–water partition coefficient (Wildman–Crippen LogP) is 3.52. The van der Waals surface area contributed by atoms with Gasteiger partial charge in [-0.25, -0.2) is 9.97 Å². The lowest BCUT2D eigenvalue weighted by atomic mass is 10.0. The number of halogens is 1. The third-order valence-corrected chi connectivity index (χ3v) is 4.59. The molecule has 2 N–H and O–H groups in total. The highest BCUT2D eigenvalue weighted by atomic mass is 127. The molecule has 0 saturated heterocycles. The summed E-state index contributed by atoms with van der Waals surface area (Å²) >= 11 is 2.19. The average Bonchev–Trinajstić information content (AvgIpc) is 3.19. The first-order valence-electron chi connectivity index (χ1n) is 6.05. The molecular weight excluding hydrogens is 337 g/mol. The second-order valence-corrected chi connectivity index (χ2v) is 5.77. The maximum absolute atomic E-state index is 5.94. The van der Waals surface area contributed by atoms with Crippen molar-refractivity contribution in [3.63, 3.8) is 0 Å². The maximum Gasteiger partial charge on any atom is 0.162 e. The molecule has 1 fully saturated rings. The SMILES string of the molecule is Cc1nc(-c2ccccc2C2CC2)nc(N)c1I. The van der Waals surface area contributed by atoms with Crippen molar-refractivity contribution in [1.29, 1.82) is 0 Å². The number of nitrogens with zero attached hydrogens (tertiary/aromatic N) is 2. The van der Waals surface area contributed by atoms with E-state index in [1.807, 2.05) is 13.0 Å². The summed E-state index contributed by atoms with van der Waals surface area (Å²) in [5.74, 6) is 2.02. The van der Waals surface area contributed by atoms with E-state index in [9.17, 15) is 0 Å². The van der Waals surface area contributed by atoms with Gasteiger partial charge in [0.05, 0.1) is 9.26 Å². The number of nitrogen functional groups attached to an aromatic ring is 1. The van der Waals surface area contributed by atoms with Crippen LogP contribution in [0.2, 0.25) is 0 Å². The molecule has 0 aliphatic heterocycles. The van der Waals surface area contributed by atoms with E-state index in [1.165, 1.54) is 18.4 Å². The highest BCUT2D eigenvalue weighted by molar-refractivity contribution is 14.1. The second kappa shape index (κ2) is 4.50. The van der Waals surface area contributed by atoms with Gasteiger partial charge in [0, 0.05) is 5.56 Å². The van der Waals surface area contributed by atoms with Gasteiger partial charge >= 0.3 is 0 Å². The van der Waals surface area contributed by atoms with Gasteiger partial charge in [0.25, 0.3) is 0 Å². The molecule has 0 atom stereocenters. The normalized spacial score (nSPS) is 14.8. The lowest BCUT2D eigenvalue weighted by molar-refractivity contribution is 1.07. The van der Waals surface area contributed by atoms with E-state index < -0.39 is 0 Å². The number of benzene rings is 1. The summed E-state index contributed by atoms with van der Waals surface area (Å²) in [6.07, 6.45) is 2.55. The molecular formula is C14H14IN3. The summed E-state index contributed by atoms with van der Waals surface area (Å²) in [7, 11) is 0. The number of anilines is 1. The van der Waals surface area contributed by atoms with Gasteiger partial charge in [-0.1, -0.05) is 24.3 Å². The minimum absolute atomic E-state index is 0.573. The Bertz CT molecular complexity index is 583. The van der Waals surface area contributed by atoms with Crippen molar-refractivity contribution >= 4 is 28.4 Å². The predicted molar refractivity (Wildman–Crippen MR) is 81.3 cm³/mol. The monoisotopic (exact) mass is 351 g/mol. The Morgan fingerprint density at radius 2 is 1.94 bits per heavy atom. The number of rotatable bonds is 2. The van der Waals surface area contributed by atoms with Crippen molar-refractivity contribution in [3.8, 4) is 11.4 Å². The van der Waals surface area contributed by atoms with Gasteiger partial charge < -0.3 is 5.73 Å². The second-order valence-electron chi connectivity index (χ2n) is 4.69. The van der Waals surface area contributed by atoms with Crippen LogP contribution in [0.5, 0.6) is 0 Å². The number of aryl methyl sites for hydroxylation is 1. The van der Waals surface area contributed by atoms with Crippen molar-refractivity contribution < 1.29 is 0 Å². The number of aromatic nitrogens is 2. The minimum Gasteiger partial charge on any atom is -0.383 e. The van der Waals surface area contributed by atoms with E-state index >= 15 is 0 Å². The first-order chi connectivity index (χ1) is 8.66. The standard InChI is InChI=1S/C14H14IN3/c1-8-12(15)13(16)18-14(17-8)11-5-3-2-4-10(11)9-6-7-9/h2-5,9H,6-7H2,1H3,(H2,16,17,18). The van der Waals surface area contributed by atoms with Crippen LogP contribution >= 0.6 is 22.6 Å². The van der Waals surface area contributed by atoms with Crippen LogP contribution in [0, 0.1) is 10.5 Å². The number of hydrogen-bond donors (Lipinski definition) is 1. The van der Waals surface area contributed by atoms with E-state index in [0.29, 0.717) is 11.7 Å². The molecule has 1 saturated carbocycles. The average molecular weight is 351 g/mol. The van der Waals surface area contributed by atoms with Gasteiger partial charge in [-0.15, -0.1) is 0 Å². The molecule has 1 aliphatic carbocycles. The summed E-state index contributed by atoms with van der Waals surface area (Å²) in [6.45, 7) is 1.98. The summed E-state index contributed by atoms with van der Waals surface area (Å²) in [4.78, 5) is 9.01. The smallest absolute Gasteiger partial charge is 0.162 e. The quantitative estimate of drug-likeness (QED) is 0.843. The largest absolute Gasteiger partial charge is 0.383 e. The molecule has 1 aliphatic rings. The molecule has 0 radical (unpaired) electrons. The third kappa shape index (κ3) is 2.09. The molecule has 3 rings (SSSR count). The molecule has 0 spiro atoms. The molecule has 1 heterocycles. The van der Waals surface area contributed by atoms with Crippen molar-refractivity contribution in [2.75, 3.05) is 5.73 Å². The maximum atomic E-state index is 5.94. The summed E-state index contributed by atoms with van der Waals surface area (Å²) in [6, 6.07) is 8.39. The number of nitrogens with two attached hydrogens (primary N) is 1. The lowest BCUT2D eigenvalue weighted by Crippen LogP contribution is -2.03. The van der Waals surface area contributed by atoms with E-state index in [0.717, 1.165) is 20.7 Å². The van der Waals surface area contributed by atoms with Crippen LogP contribution in [0.4, 0.5) is 5.82 Å². The molecule has 4 heteroatoms. The van der Waals surface area contributed by atoms with Crippen LogP contribution < -0.4 is 5.73 Å². The Morgan fingerprint density at radius 1 is 1.22 bits per heavy atom. The van der Waals surface area contributed by atoms with Gasteiger partial charge in [-0.2, -0.15) is 0 Å². The first kappa shape index (κ1) is 11.9. The molecule has 0 unspecified atom stereocenters. The van der Waals surface area contributed by atoms with Crippen LogP contribution in [0.3, 0.4) is 0 Å². The Balaban J connectivity index is 2.15. The van der Waals surface area contributed by atoms with Crippen LogP contribution in [-0.4, -0.2) is 9.97 Å². The molecule has 18 heavy (non-hydrogen) atoms. The Morgan fingerprint density at radius 3 is 2.61 bits per heavy atom. The molecule has 2 aromatic rings. The van der Waals surface area contributed by atoms with Crippen LogP contribution in [0.25, 0.3) is 11.4 Å². The van der Waals surface area contributed by atoms with Gasteiger partial charge in [0.15, 0.2) is 5.82 Å². The van der Waals surface area contributed by atoms with E-state index in [-0.39, 0.29) is 0 Å². The van der Waals surface area contributed by atoms with Gasteiger partial charge in [-0.05, 0) is 53.8 Å². The Kier molecular flexibility index (Phi) is 2.97. The van der Waals surface area contributed by atoms with E-state index in [2.05, 4.69) is 50.8 Å². The lowest BCUT2D eigenvalue weighted by Gasteiger charge is -2.10. The number of hydrogen-bond acceptors (Lipinski definition) is 3. The fraction of sp³-hybridized carbons (Fsp3) is 0.286. The topological polar surface area (TPSA) is 51.8 Å². The van der Waals surface area contributed by atoms with E-state index in [4.69, 9.17) is 5.73 Å². The fourth-order valence-electron chi connectivity index (χ4n) is 2.15. The van der Waals surface area contributed by atoms with Gasteiger partial charge in [0.1, 0.15) is 5.82 Å². The zero-order valence-corrected chi connectivity index (χ0v) is 12.3. The minimum atomic E-state index is 0.573. The van der Waals surface area contributed by atoms with Crippen LogP contribution in [-0.2, 0) is 0 Å². The molecule has 0 amide bonds. The summed E-state index contributed by atoms with van der Waals surface area (Å²) < 4.78 is 0.945. The highest BCUT2D eigenvalue weighted by Crippen LogP contribution is 2.43. The van der Waals surface area contributed by atoms with Crippen LogP contribution in [0.15, 0.2) is 24.3 Å². The zero-order valence-electron chi connectivity index (χ0n) is 10.2. The molecule has 1 aromatic carbocycles. The van der Waals surface area contributed by atoms with Gasteiger partial charge in [-0.3, -0.25) is 0 Å². The molecule has 0 bridgehead atoms. The fourth-order valence-corrected chi connectivity index (χ4v) is 2.39.